The molecule has 0 fully saturated rings. The molecule has 6 nitrogen and oxygen atoms in total. The van der Waals surface area contributed by atoms with Crippen LogP contribution in [0.1, 0.15) is 23.0 Å². The molecule has 1 amide bonds. The van der Waals surface area contributed by atoms with Gasteiger partial charge in [0.05, 0.1) is 25.8 Å². The lowest BCUT2D eigenvalue weighted by Gasteiger charge is -2.17. The number of carbonyl (C=O) groups excluding carboxylic acids is 1. The Hall–Kier alpha value is -2.21. The van der Waals surface area contributed by atoms with Crippen LogP contribution in [0.15, 0.2) is 24.4 Å². The summed E-state index contributed by atoms with van der Waals surface area (Å²) in [6.45, 7) is 3.03. The molecule has 0 saturated carbocycles. The Morgan fingerprint density at radius 1 is 1.26 bits per heavy atom. The lowest BCUT2D eigenvalue weighted by atomic mass is 10.1. The molecule has 0 bridgehead atoms. The van der Waals surface area contributed by atoms with E-state index in [1.54, 1.807) is 55.2 Å². The van der Waals surface area contributed by atoms with E-state index in [1.807, 2.05) is 6.92 Å². The van der Waals surface area contributed by atoms with Gasteiger partial charge in [-0.1, -0.05) is 11.6 Å². The van der Waals surface area contributed by atoms with Crippen molar-refractivity contribution in [2.75, 3.05) is 21.3 Å². The number of aryl methyl sites for hydroxylation is 1. The van der Waals surface area contributed by atoms with Gasteiger partial charge in [-0.15, -0.1) is 0 Å². The van der Waals surface area contributed by atoms with Gasteiger partial charge >= 0.3 is 0 Å². The third-order valence-electron chi connectivity index (χ3n) is 3.44. The fourth-order valence-corrected chi connectivity index (χ4v) is 2.36. The lowest BCUT2D eigenvalue weighted by molar-refractivity contribution is 0.0782. The molecule has 2 aromatic rings. The second-order valence-corrected chi connectivity index (χ2v) is 5.45. The van der Waals surface area contributed by atoms with Crippen molar-refractivity contribution in [2.45, 2.75) is 20.0 Å². The van der Waals surface area contributed by atoms with E-state index in [-0.39, 0.29) is 5.91 Å². The zero-order chi connectivity index (χ0) is 17.0. The molecule has 0 radical (unpaired) electrons. The van der Waals surface area contributed by atoms with Gasteiger partial charge in [-0.3, -0.25) is 9.48 Å². The number of carbonyl (C=O) groups is 1. The first-order valence-electron chi connectivity index (χ1n) is 7.18. The highest BCUT2D eigenvalue weighted by Crippen LogP contribution is 2.24. The van der Waals surface area contributed by atoms with Crippen LogP contribution in [-0.2, 0) is 13.1 Å². The highest BCUT2D eigenvalue weighted by Gasteiger charge is 2.17. The molecule has 7 heteroatoms. The monoisotopic (exact) mass is 337 g/mol. The second kappa shape index (κ2) is 7.37. The molecule has 0 aliphatic rings. The number of methoxy groups -OCH3 is 2. The minimum Gasteiger partial charge on any atom is -0.497 e. The van der Waals surface area contributed by atoms with Crippen LogP contribution >= 0.6 is 11.6 Å². The Kier molecular flexibility index (Phi) is 5.50. The SMILES string of the molecule is CCn1cc(Cl)c(CN(C)C(=O)c2cc(OC)cc(OC)c2)n1. The highest BCUT2D eigenvalue weighted by atomic mass is 35.5. The van der Waals surface area contributed by atoms with Crippen molar-refractivity contribution in [1.82, 2.24) is 14.7 Å². The minimum atomic E-state index is -0.163. The molecular weight excluding hydrogens is 318 g/mol. The van der Waals surface area contributed by atoms with Crippen molar-refractivity contribution in [3.63, 3.8) is 0 Å². The average Bonchev–Trinajstić information content (AvgIpc) is 2.93. The Morgan fingerprint density at radius 2 is 1.87 bits per heavy atom. The third-order valence-corrected chi connectivity index (χ3v) is 3.76. The lowest BCUT2D eigenvalue weighted by Crippen LogP contribution is -2.26. The van der Waals surface area contributed by atoms with Gasteiger partial charge in [-0.05, 0) is 19.1 Å². The van der Waals surface area contributed by atoms with Gasteiger partial charge in [0.2, 0.25) is 0 Å². The fraction of sp³-hybridized carbons (Fsp3) is 0.375. The number of nitrogens with zero attached hydrogens (tertiary/aromatic N) is 3. The number of halogens is 1. The summed E-state index contributed by atoms with van der Waals surface area (Å²) in [6.07, 6.45) is 1.75. The van der Waals surface area contributed by atoms with Gasteiger partial charge in [0, 0.05) is 31.4 Å². The molecule has 124 valence electrons. The minimum absolute atomic E-state index is 0.163. The molecule has 1 aromatic carbocycles. The van der Waals surface area contributed by atoms with E-state index in [9.17, 15) is 4.79 Å². The summed E-state index contributed by atoms with van der Waals surface area (Å²) in [5.74, 6) is 0.966. The number of hydrogen-bond donors (Lipinski definition) is 0. The standard InChI is InChI=1S/C16H20ClN3O3/c1-5-20-9-14(17)15(18-20)10-19(2)16(21)11-6-12(22-3)8-13(7-11)23-4/h6-9H,5,10H2,1-4H3. The van der Waals surface area contributed by atoms with E-state index in [4.69, 9.17) is 21.1 Å². The molecule has 0 atom stereocenters. The Morgan fingerprint density at radius 3 is 2.35 bits per heavy atom. The second-order valence-electron chi connectivity index (χ2n) is 5.04. The van der Waals surface area contributed by atoms with Crippen LogP contribution in [0, 0.1) is 0 Å². The van der Waals surface area contributed by atoms with Crippen molar-refractivity contribution in [3.05, 3.63) is 40.7 Å². The summed E-state index contributed by atoms with van der Waals surface area (Å²) in [5, 5.41) is 4.90. The number of aromatic nitrogens is 2. The molecule has 0 unspecified atom stereocenters. The van der Waals surface area contributed by atoms with Crippen LogP contribution in [0.2, 0.25) is 5.02 Å². The highest BCUT2D eigenvalue weighted by molar-refractivity contribution is 6.31. The van der Waals surface area contributed by atoms with Crippen LogP contribution in [0.5, 0.6) is 11.5 Å². The van der Waals surface area contributed by atoms with E-state index < -0.39 is 0 Å². The van der Waals surface area contributed by atoms with Crippen LogP contribution < -0.4 is 9.47 Å². The van der Waals surface area contributed by atoms with Gasteiger partial charge in [0.1, 0.15) is 17.2 Å². The van der Waals surface area contributed by atoms with Crippen LogP contribution in [0.3, 0.4) is 0 Å². The quantitative estimate of drug-likeness (QED) is 0.813. The Bertz CT molecular complexity index is 678. The van der Waals surface area contributed by atoms with E-state index in [0.29, 0.717) is 34.3 Å². The van der Waals surface area contributed by atoms with Crippen molar-refractivity contribution in [2.24, 2.45) is 0 Å². The first-order valence-corrected chi connectivity index (χ1v) is 7.56. The summed E-state index contributed by atoms with van der Waals surface area (Å²) in [7, 11) is 4.80. The summed E-state index contributed by atoms with van der Waals surface area (Å²) in [5.41, 5.74) is 1.15. The average molecular weight is 338 g/mol. The smallest absolute Gasteiger partial charge is 0.254 e. The maximum Gasteiger partial charge on any atom is 0.254 e. The Balaban J connectivity index is 2.20. The van der Waals surface area contributed by atoms with E-state index in [2.05, 4.69) is 5.10 Å². The fourth-order valence-electron chi connectivity index (χ4n) is 2.15. The zero-order valence-electron chi connectivity index (χ0n) is 13.7. The maximum atomic E-state index is 12.6. The van der Waals surface area contributed by atoms with Gasteiger partial charge in [0.25, 0.3) is 5.91 Å². The molecule has 1 aromatic heterocycles. The topological polar surface area (TPSA) is 56.6 Å². The summed E-state index contributed by atoms with van der Waals surface area (Å²) >= 11 is 6.15. The molecule has 2 rings (SSSR count). The zero-order valence-corrected chi connectivity index (χ0v) is 14.4. The van der Waals surface area contributed by atoms with Crippen molar-refractivity contribution < 1.29 is 14.3 Å². The number of ether oxygens (including phenoxy) is 2. The van der Waals surface area contributed by atoms with Crippen LogP contribution in [-0.4, -0.2) is 41.9 Å². The summed E-state index contributed by atoms with van der Waals surface area (Å²) < 4.78 is 12.1. The number of benzene rings is 1. The van der Waals surface area contributed by atoms with E-state index in [0.717, 1.165) is 6.54 Å². The molecule has 0 spiro atoms. The number of amides is 1. The maximum absolute atomic E-state index is 12.6. The Labute approximate surface area is 140 Å². The van der Waals surface area contributed by atoms with Crippen molar-refractivity contribution in [3.8, 4) is 11.5 Å². The van der Waals surface area contributed by atoms with Crippen LogP contribution in [0.4, 0.5) is 0 Å². The van der Waals surface area contributed by atoms with Crippen molar-refractivity contribution in [1.29, 1.82) is 0 Å². The predicted molar refractivity (Wildman–Crippen MR) is 88.3 cm³/mol. The van der Waals surface area contributed by atoms with E-state index in [1.165, 1.54) is 0 Å². The molecule has 1 heterocycles. The molecule has 0 aliphatic heterocycles. The number of hydrogen-bond acceptors (Lipinski definition) is 4. The van der Waals surface area contributed by atoms with Crippen LogP contribution in [0.25, 0.3) is 0 Å². The van der Waals surface area contributed by atoms with Gasteiger partial charge in [-0.25, -0.2) is 0 Å². The normalized spacial score (nSPS) is 10.5. The molecule has 23 heavy (non-hydrogen) atoms. The molecule has 0 N–H and O–H groups in total. The largest absolute Gasteiger partial charge is 0.497 e. The molecule has 0 saturated heterocycles. The van der Waals surface area contributed by atoms with Gasteiger partial charge < -0.3 is 14.4 Å². The first kappa shape index (κ1) is 17.1. The third kappa shape index (κ3) is 3.96. The van der Waals surface area contributed by atoms with Gasteiger partial charge in [-0.2, -0.15) is 5.10 Å². The number of rotatable bonds is 6. The predicted octanol–water partition coefficient (Wildman–Crippen LogP) is 2.85. The van der Waals surface area contributed by atoms with Gasteiger partial charge in [0.15, 0.2) is 0 Å². The summed E-state index contributed by atoms with van der Waals surface area (Å²) in [4.78, 5) is 14.2. The summed E-state index contributed by atoms with van der Waals surface area (Å²) in [6, 6.07) is 5.07. The van der Waals surface area contributed by atoms with E-state index >= 15 is 0 Å². The first-order chi connectivity index (χ1) is 11.0. The molecular formula is C16H20ClN3O3. The molecule has 0 aliphatic carbocycles. The van der Waals surface area contributed by atoms with Crippen molar-refractivity contribution >= 4 is 17.5 Å².